The molecule has 11 heteroatoms. The zero-order valence-electron chi connectivity index (χ0n) is 6.30. The fourth-order valence-corrected chi connectivity index (χ4v) is 0. The minimum absolute atomic E-state index is 0. The van der Waals surface area contributed by atoms with Crippen molar-refractivity contribution >= 4 is 93.8 Å². The summed E-state index contributed by atoms with van der Waals surface area (Å²) in [5, 5.41) is 7.42. The summed E-state index contributed by atoms with van der Waals surface area (Å²) in [7, 11) is -4.67. The van der Waals surface area contributed by atoms with Gasteiger partial charge in [-0.25, -0.2) is 0 Å². The summed E-state index contributed by atoms with van der Waals surface area (Å²) >= 11 is 0. The van der Waals surface area contributed by atoms with Crippen LogP contribution in [0.5, 0.6) is 0 Å². The standard InChI is InChI=1S/C2H4O2.Ca.ClH.H2O4S.Pb.Zn.4H/c1-2(3)4;;;1-5(2,3)4;;;;;;/h1H3,(H,3,4);;1H;(H2,1,2,3,4);;;;;;. The van der Waals surface area contributed by atoms with E-state index in [2.05, 4.69) is 0 Å². The Morgan fingerprint density at radius 3 is 1.23 bits per heavy atom. The molecule has 0 aliphatic rings. The minimum atomic E-state index is -4.67. The Hall–Kier alpha value is 2.44. The van der Waals surface area contributed by atoms with Crippen LogP contribution in [0, 0.1) is 0 Å². The van der Waals surface area contributed by atoms with Gasteiger partial charge in [-0.15, -0.1) is 12.4 Å². The van der Waals surface area contributed by atoms with E-state index in [1.807, 2.05) is 0 Å². The van der Waals surface area contributed by atoms with Crippen LogP contribution in [-0.4, -0.2) is 93.6 Å². The second kappa shape index (κ2) is 19.9. The van der Waals surface area contributed by atoms with E-state index in [1.165, 1.54) is 0 Å². The molecule has 0 atom stereocenters. The van der Waals surface area contributed by atoms with E-state index in [4.69, 9.17) is 27.4 Å². The number of aliphatic carboxylic acids is 1. The summed E-state index contributed by atoms with van der Waals surface area (Å²) in [4.78, 5) is 9.00. The number of rotatable bonds is 0. The predicted molar refractivity (Wildman–Crippen MR) is 51.8 cm³/mol. The molecule has 0 saturated carbocycles. The molecule has 13 heavy (non-hydrogen) atoms. The summed E-state index contributed by atoms with van der Waals surface area (Å²) < 4.78 is 31.6. The molecule has 0 bridgehead atoms. The maximum absolute atomic E-state index is 9.00. The third kappa shape index (κ3) is 376. The number of carbonyl (C=O) groups is 1. The fraction of sp³-hybridized carbons (Fsp3) is 0.500. The largest absolute Gasteiger partial charge is 0 e. The van der Waals surface area contributed by atoms with Gasteiger partial charge in [-0.05, 0) is 0 Å². The third-order valence-electron chi connectivity index (χ3n) is 0. The topological polar surface area (TPSA) is 112 Å². The van der Waals surface area contributed by atoms with Gasteiger partial charge < -0.3 is 5.11 Å². The Bertz CT molecular complexity index is 173. The molecular weight excluding hydrogens is 500 g/mol. The Morgan fingerprint density at radius 2 is 1.23 bits per heavy atom. The summed E-state index contributed by atoms with van der Waals surface area (Å²) in [6.07, 6.45) is 0. The quantitative estimate of drug-likeness (QED) is 0.257. The van der Waals surface area contributed by atoms with E-state index < -0.39 is 16.4 Å². The van der Waals surface area contributed by atoms with Crippen LogP contribution in [0.15, 0.2) is 0 Å². The van der Waals surface area contributed by atoms with Gasteiger partial charge in [-0.3, -0.25) is 13.9 Å². The van der Waals surface area contributed by atoms with Crippen molar-refractivity contribution in [3.63, 3.8) is 0 Å². The number of carboxylic acid groups (broad SMARTS) is 1. The second-order valence-corrected chi connectivity index (χ2v) is 1.86. The Kier molecular flexibility index (Phi) is 55.4. The molecule has 0 rings (SSSR count). The van der Waals surface area contributed by atoms with Crippen molar-refractivity contribution in [1.29, 1.82) is 0 Å². The molecule has 0 heterocycles. The maximum atomic E-state index is 9.00. The van der Waals surface area contributed by atoms with Gasteiger partial charge in [0.1, 0.15) is 0 Å². The molecule has 3 N–H and O–H groups in total. The van der Waals surface area contributed by atoms with Crippen LogP contribution >= 0.6 is 12.4 Å². The molecule has 0 spiro atoms. The fourth-order valence-electron chi connectivity index (χ4n) is 0. The number of halogens is 1. The van der Waals surface area contributed by atoms with E-state index in [0.29, 0.717) is 0 Å². The van der Waals surface area contributed by atoms with Gasteiger partial charge in [-0.2, -0.15) is 8.42 Å². The van der Waals surface area contributed by atoms with Crippen molar-refractivity contribution < 1.29 is 46.9 Å². The third-order valence-corrected chi connectivity index (χ3v) is 0. The monoisotopic (exact) mass is 510 g/mol. The first-order chi connectivity index (χ1) is 3.73. The molecule has 0 aliphatic heterocycles. The maximum Gasteiger partial charge on any atom is 0 e. The zero-order valence-corrected chi connectivity index (χ0v) is 16.4. The van der Waals surface area contributed by atoms with Crippen LogP contribution in [0.3, 0.4) is 0 Å². The number of hydrogen-bond acceptors (Lipinski definition) is 3. The van der Waals surface area contributed by atoms with Gasteiger partial charge >= 0.3 is 75.4 Å². The molecule has 2 radical (unpaired) electrons. The van der Waals surface area contributed by atoms with Crippen LogP contribution < -0.4 is 0 Å². The smallest absolute Gasteiger partial charge is 0 e. The average Bonchev–Trinajstić information content (AvgIpc) is 1.19. The summed E-state index contributed by atoms with van der Waals surface area (Å²) in [6.45, 7) is 1.08. The summed E-state index contributed by atoms with van der Waals surface area (Å²) in [5.74, 6) is -0.833. The van der Waals surface area contributed by atoms with Gasteiger partial charge in [0.15, 0.2) is 0 Å². The van der Waals surface area contributed by atoms with Crippen molar-refractivity contribution in [3.05, 3.63) is 0 Å². The van der Waals surface area contributed by atoms with Crippen molar-refractivity contribution in [2.75, 3.05) is 0 Å². The van der Waals surface area contributed by atoms with Gasteiger partial charge in [0, 0.05) is 26.4 Å². The first-order valence-electron chi connectivity index (χ1n) is 1.63. The van der Waals surface area contributed by atoms with E-state index in [-0.39, 0.29) is 96.9 Å². The molecule has 0 aromatic carbocycles. The van der Waals surface area contributed by atoms with Crippen molar-refractivity contribution in [2.45, 2.75) is 6.92 Å². The van der Waals surface area contributed by atoms with Crippen LogP contribution in [-0.2, 0) is 34.7 Å². The summed E-state index contributed by atoms with van der Waals surface area (Å²) in [5.41, 5.74) is 0. The molecule has 0 aromatic heterocycles. The SMILES string of the molecule is CC(=O)O.Cl.O=S(=O)(O)O.[CaH2].[PbH2].[Zn]. The number of hydrogen-bond donors (Lipinski definition) is 3. The molecule has 76 valence electrons. The molecule has 6 nitrogen and oxygen atoms in total. The van der Waals surface area contributed by atoms with Crippen LogP contribution in [0.2, 0.25) is 0 Å². The molecule has 0 saturated heterocycles. The normalized spacial score (nSPS) is 6.38. The van der Waals surface area contributed by atoms with Crippen LogP contribution in [0.1, 0.15) is 6.92 Å². The minimum Gasteiger partial charge on any atom is 0 e. The summed E-state index contributed by atoms with van der Waals surface area (Å²) in [6, 6.07) is 0. The molecule has 0 fully saturated rings. The van der Waals surface area contributed by atoms with E-state index >= 15 is 0 Å². The Labute approximate surface area is 145 Å². The van der Waals surface area contributed by atoms with Crippen molar-refractivity contribution in [2.24, 2.45) is 0 Å². The van der Waals surface area contributed by atoms with Gasteiger partial charge in [-0.1, -0.05) is 0 Å². The van der Waals surface area contributed by atoms with E-state index in [9.17, 15) is 0 Å². The Balaban J connectivity index is -0.0000000146. The second-order valence-electron chi connectivity index (χ2n) is 0.967. The van der Waals surface area contributed by atoms with Gasteiger partial charge in [0.25, 0.3) is 5.97 Å². The Morgan fingerprint density at radius 1 is 1.23 bits per heavy atom. The average molecular weight is 511 g/mol. The first kappa shape index (κ1) is 36.1. The number of carboxylic acids is 1. The van der Waals surface area contributed by atoms with Crippen molar-refractivity contribution in [1.82, 2.24) is 0 Å². The van der Waals surface area contributed by atoms with E-state index in [0.717, 1.165) is 6.92 Å². The molecule has 0 aromatic rings. The van der Waals surface area contributed by atoms with E-state index in [1.54, 1.807) is 0 Å². The molecule has 0 aliphatic carbocycles. The first-order valence-corrected chi connectivity index (χ1v) is 3.02. The zero-order chi connectivity index (χ0) is 8.08. The molecular formula is C2H11CaClO6PbSZn. The van der Waals surface area contributed by atoms with Gasteiger partial charge in [0.2, 0.25) is 0 Å². The van der Waals surface area contributed by atoms with Crippen LogP contribution in [0.25, 0.3) is 0 Å². The molecule has 0 unspecified atom stereocenters. The molecule has 0 amide bonds. The predicted octanol–water partition coefficient (Wildman–Crippen LogP) is -1.98. The van der Waals surface area contributed by atoms with Crippen LogP contribution in [0.4, 0.5) is 0 Å². The van der Waals surface area contributed by atoms with Crippen molar-refractivity contribution in [3.8, 4) is 0 Å². The van der Waals surface area contributed by atoms with Gasteiger partial charge in [0.05, 0.1) is 0 Å².